The standard InChI is InChI=1S/C15H26N4S2/c1-3-16-15(17-7-5-12-20-2)19-10-8-18(9-11-19)14-6-4-13-21-14/h4,6,13H,3,5,7-12H2,1-2H3,(H,16,17). The minimum Gasteiger partial charge on any atom is -0.360 e. The summed E-state index contributed by atoms with van der Waals surface area (Å²) in [5, 5.41) is 6.97. The third-order valence-electron chi connectivity index (χ3n) is 3.50. The molecule has 1 N–H and O–H groups in total. The van der Waals surface area contributed by atoms with Crippen LogP contribution in [0.3, 0.4) is 0 Å². The van der Waals surface area contributed by atoms with Crippen LogP contribution in [-0.2, 0) is 0 Å². The van der Waals surface area contributed by atoms with Crippen molar-refractivity contribution in [1.82, 2.24) is 10.2 Å². The van der Waals surface area contributed by atoms with Gasteiger partial charge in [-0.15, -0.1) is 11.3 Å². The minimum absolute atomic E-state index is 0.925. The normalized spacial score (nSPS) is 16.4. The maximum atomic E-state index is 4.76. The van der Waals surface area contributed by atoms with Crippen molar-refractivity contribution in [3.8, 4) is 0 Å². The monoisotopic (exact) mass is 326 g/mol. The number of hydrogen-bond acceptors (Lipinski definition) is 4. The highest BCUT2D eigenvalue weighted by atomic mass is 32.2. The van der Waals surface area contributed by atoms with E-state index in [0.29, 0.717) is 0 Å². The largest absolute Gasteiger partial charge is 0.360 e. The summed E-state index contributed by atoms with van der Waals surface area (Å²) < 4.78 is 0. The van der Waals surface area contributed by atoms with Crippen molar-refractivity contribution in [3.63, 3.8) is 0 Å². The fourth-order valence-electron chi connectivity index (χ4n) is 2.41. The van der Waals surface area contributed by atoms with Gasteiger partial charge in [0.15, 0.2) is 5.96 Å². The van der Waals surface area contributed by atoms with Gasteiger partial charge in [0, 0.05) is 39.3 Å². The number of hydrogen-bond donors (Lipinski definition) is 1. The zero-order valence-electron chi connectivity index (χ0n) is 13.0. The van der Waals surface area contributed by atoms with E-state index < -0.39 is 0 Å². The van der Waals surface area contributed by atoms with E-state index in [-0.39, 0.29) is 0 Å². The Hall–Kier alpha value is -0.880. The lowest BCUT2D eigenvalue weighted by molar-refractivity contribution is 0.373. The van der Waals surface area contributed by atoms with Gasteiger partial charge in [0.2, 0.25) is 0 Å². The van der Waals surface area contributed by atoms with Gasteiger partial charge in [-0.25, -0.2) is 0 Å². The molecule has 6 heteroatoms. The van der Waals surface area contributed by atoms with Crippen molar-refractivity contribution in [1.29, 1.82) is 0 Å². The summed E-state index contributed by atoms with van der Waals surface area (Å²) in [6.07, 6.45) is 3.31. The molecule has 21 heavy (non-hydrogen) atoms. The molecule has 0 atom stereocenters. The van der Waals surface area contributed by atoms with Crippen molar-refractivity contribution in [3.05, 3.63) is 17.5 Å². The zero-order valence-corrected chi connectivity index (χ0v) is 14.7. The molecule has 0 amide bonds. The molecule has 1 aliphatic rings. The Bertz CT molecular complexity index is 411. The maximum Gasteiger partial charge on any atom is 0.194 e. The maximum absolute atomic E-state index is 4.76. The molecule has 1 saturated heterocycles. The highest BCUT2D eigenvalue weighted by Gasteiger charge is 2.19. The van der Waals surface area contributed by atoms with Crippen LogP contribution in [0, 0.1) is 0 Å². The van der Waals surface area contributed by atoms with E-state index in [1.807, 2.05) is 23.1 Å². The van der Waals surface area contributed by atoms with Gasteiger partial charge in [-0.3, -0.25) is 4.99 Å². The smallest absolute Gasteiger partial charge is 0.194 e. The molecule has 1 aromatic heterocycles. The van der Waals surface area contributed by atoms with E-state index in [0.717, 1.165) is 51.6 Å². The van der Waals surface area contributed by atoms with Crippen LogP contribution in [0.15, 0.2) is 22.5 Å². The van der Waals surface area contributed by atoms with Gasteiger partial charge in [0.1, 0.15) is 0 Å². The van der Waals surface area contributed by atoms with E-state index >= 15 is 0 Å². The number of anilines is 1. The third-order valence-corrected chi connectivity index (χ3v) is 5.13. The van der Waals surface area contributed by atoms with Gasteiger partial charge in [-0.1, -0.05) is 0 Å². The molecule has 0 bridgehead atoms. The van der Waals surface area contributed by atoms with Crippen molar-refractivity contribution >= 4 is 34.1 Å². The number of rotatable bonds is 6. The topological polar surface area (TPSA) is 30.9 Å². The molecule has 4 nitrogen and oxygen atoms in total. The summed E-state index contributed by atoms with van der Waals surface area (Å²) in [7, 11) is 0. The highest BCUT2D eigenvalue weighted by molar-refractivity contribution is 7.98. The number of guanidine groups is 1. The number of thiophene rings is 1. The van der Waals surface area contributed by atoms with Crippen molar-refractivity contribution in [2.45, 2.75) is 13.3 Å². The molecule has 1 aliphatic heterocycles. The lowest BCUT2D eigenvalue weighted by atomic mass is 10.3. The minimum atomic E-state index is 0.925. The van der Waals surface area contributed by atoms with E-state index in [2.05, 4.69) is 45.8 Å². The molecule has 2 heterocycles. The molecule has 1 aromatic rings. The average Bonchev–Trinajstić information content (AvgIpc) is 3.05. The molecule has 0 saturated carbocycles. The Morgan fingerprint density at radius 1 is 1.38 bits per heavy atom. The highest BCUT2D eigenvalue weighted by Crippen LogP contribution is 2.22. The molecule has 0 spiro atoms. The summed E-state index contributed by atoms with van der Waals surface area (Å²) in [4.78, 5) is 9.63. The second kappa shape index (κ2) is 9.20. The third kappa shape index (κ3) is 5.11. The van der Waals surface area contributed by atoms with Crippen LogP contribution in [0.25, 0.3) is 0 Å². The van der Waals surface area contributed by atoms with E-state index in [1.54, 1.807) is 0 Å². The SMILES string of the molecule is CCNC(=NCCCSC)N1CCN(c2cccs2)CC1. The van der Waals surface area contributed by atoms with Crippen LogP contribution in [-0.4, -0.2) is 62.1 Å². The van der Waals surface area contributed by atoms with Crippen LogP contribution in [0.5, 0.6) is 0 Å². The number of thioether (sulfide) groups is 1. The molecule has 118 valence electrons. The summed E-state index contributed by atoms with van der Waals surface area (Å²) in [5.74, 6) is 2.28. The predicted molar refractivity (Wildman–Crippen MR) is 97.1 cm³/mol. The van der Waals surface area contributed by atoms with Crippen LogP contribution >= 0.6 is 23.1 Å². The Labute approximate surface area is 136 Å². The van der Waals surface area contributed by atoms with Gasteiger partial charge in [-0.2, -0.15) is 11.8 Å². The molecular formula is C15H26N4S2. The quantitative estimate of drug-likeness (QED) is 0.494. The Kier molecular flexibility index (Phi) is 7.23. The lowest BCUT2D eigenvalue weighted by Gasteiger charge is -2.37. The Morgan fingerprint density at radius 2 is 2.19 bits per heavy atom. The fourth-order valence-corrected chi connectivity index (χ4v) is 3.61. The summed E-state index contributed by atoms with van der Waals surface area (Å²) in [6.45, 7) is 8.25. The predicted octanol–water partition coefficient (Wildman–Crippen LogP) is 2.59. The average molecular weight is 327 g/mol. The molecule has 0 aromatic carbocycles. The Balaban J connectivity index is 1.84. The first-order valence-corrected chi connectivity index (χ1v) is 9.93. The van der Waals surface area contributed by atoms with Gasteiger partial charge in [0.05, 0.1) is 5.00 Å². The van der Waals surface area contributed by atoms with Gasteiger partial charge in [-0.05, 0) is 42.9 Å². The zero-order chi connectivity index (χ0) is 14.9. The number of nitrogens with one attached hydrogen (secondary N) is 1. The van der Waals surface area contributed by atoms with Gasteiger partial charge < -0.3 is 15.1 Å². The molecule has 0 unspecified atom stereocenters. The summed E-state index contributed by atoms with van der Waals surface area (Å²) >= 11 is 3.72. The van der Waals surface area contributed by atoms with Crippen LogP contribution in [0.1, 0.15) is 13.3 Å². The van der Waals surface area contributed by atoms with Crippen molar-refractivity contribution in [2.24, 2.45) is 4.99 Å². The first-order valence-electron chi connectivity index (χ1n) is 7.65. The van der Waals surface area contributed by atoms with E-state index in [9.17, 15) is 0 Å². The summed E-state index contributed by atoms with van der Waals surface area (Å²) in [6, 6.07) is 4.34. The van der Waals surface area contributed by atoms with Gasteiger partial charge >= 0.3 is 0 Å². The molecular weight excluding hydrogens is 300 g/mol. The van der Waals surface area contributed by atoms with E-state index in [4.69, 9.17) is 4.99 Å². The van der Waals surface area contributed by atoms with Crippen LogP contribution in [0.4, 0.5) is 5.00 Å². The second-order valence-corrected chi connectivity index (χ2v) is 6.92. The first kappa shape index (κ1) is 16.5. The van der Waals surface area contributed by atoms with Gasteiger partial charge in [0.25, 0.3) is 0 Å². The van der Waals surface area contributed by atoms with E-state index in [1.165, 1.54) is 10.8 Å². The number of aliphatic imine (C=N–C) groups is 1. The molecule has 1 fully saturated rings. The van der Waals surface area contributed by atoms with Crippen molar-refractivity contribution in [2.75, 3.05) is 56.2 Å². The molecule has 2 rings (SSSR count). The van der Waals surface area contributed by atoms with Crippen molar-refractivity contribution < 1.29 is 0 Å². The summed E-state index contributed by atoms with van der Waals surface area (Å²) in [5.41, 5.74) is 0. The van der Waals surface area contributed by atoms with Crippen LogP contribution < -0.4 is 10.2 Å². The molecule has 0 aliphatic carbocycles. The molecule has 0 radical (unpaired) electrons. The Morgan fingerprint density at radius 3 is 2.81 bits per heavy atom. The number of piperazine rings is 1. The fraction of sp³-hybridized carbons (Fsp3) is 0.667. The second-order valence-electron chi connectivity index (χ2n) is 5.01. The number of nitrogens with zero attached hydrogens (tertiary/aromatic N) is 3. The lowest BCUT2D eigenvalue weighted by Crippen LogP contribution is -2.52. The first-order chi connectivity index (χ1) is 10.3. The van der Waals surface area contributed by atoms with Crippen LogP contribution in [0.2, 0.25) is 0 Å².